The first-order chi connectivity index (χ1) is 23.3. The van der Waals surface area contributed by atoms with Crippen molar-refractivity contribution in [1.29, 1.82) is 0 Å². The van der Waals surface area contributed by atoms with E-state index >= 15 is 0 Å². The molecule has 258 valence electrons. The third-order valence-electron chi connectivity index (χ3n) is 8.38. The van der Waals surface area contributed by atoms with Gasteiger partial charge >= 0.3 is 6.18 Å². The van der Waals surface area contributed by atoms with Crippen molar-refractivity contribution in [3.8, 4) is 5.88 Å². The molecule has 0 spiro atoms. The van der Waals surface area contributed by atoms with E-state index in [1.165, 1.54) is 12.3 Å². The minimum atomic E-state index is -4.39. The molecule has 1 unspecified atom stereocenters. The number of amides is 1. The van der Waals surface area contributed by atoms with E-state index in [-0.39, 0.29) is 30.4 Å². The van der Waals surface area contributed by atoms with Crippen molar-refractivity contribution in [3.63, 3.8) is 0 Å². The number of aromatic nitrogens is 6. The number of aryl methyl sites for hydroxylation is 3. The Labute approximate surface area is 281 Å². The Bertz CT molecular complexity index is 1870. The molecular formula is C33H38F3N11O2. The molecule has 0 bridgehead atoms. The van der Waals surface area contributed by atoms with Crippen LogP contribution in [-0.4, -0.2) is 93.1 Å². The number of hydrogen-bond donors (Lipinski definition) is 3. The van der Waals surface area contributed by atoms with Crippen LogP contribution in [0.4, 0.5) is 42.3 Å². The number of carbonyl (C=O) groups excluding carboxylic acids is 1. The minimum absolute atomic E-state index is 0.145. The van der Waals surface area contributed by atoms with Gasteiger partial charge in [0.05, 0.1) is 23.6 Å². The van der Waals surface area contributed by atoms with Crippen molar-refractivity contribution in [2.24, 2.45) is 7.05 Å². The monoisotopic (exact) mass is 677 g/mol. The van der Waals surface area contributed by atoms with E-state index in [4.69, 9.17) is 9.72 Å². The molecule has 13 nitrogen and oxygen atoms in total. The number of alkyl halides is 3. The second-order valence-electron chi connectivity index (χ2n) is 12.3. The summed E-state index contributed by atoms with van der Waals surface area (Å²) in [5.74, 6) is 0.940. The highest BCUT2D eigenvalue weighted by Gasteiger charge is 2.29. The van der Waals surface area contributed by atoms with Gasteiger partial charge in [-0.2, -0.15) is 23.3 Å². The summed E-state index contributed by atoms with van der Waals surface area (Å²) in [7, 11) is 5.75. The summed E-state index contributed by atoms with van der Waals surface area (Å²) in [4.78, 5) is 34.6. The molecule has 4 heterocycles. The Morgan fingerprint density at radius 2 is 1.94 bits per heavy atom. The van der Waals surface area contributed by atoms with E-state index in [1.54, 1.807) is 10.9 Å². The smallest absolute Gasteiger partial charge is 0.405 e. The number of carbonyl (C=O) groups is 1. The topological polar surface area (TPSA) is 138 Å². The normalized spacial score (nSPS) is 15.9. The molecule has 1 amide bonds. The van der Waals surface area contributed by atoms with Gasteiger partial charge in [-0.15, -0.1) is 0 Å². The number of benzene rings is 1. The maximum Gasteiger partial charge on any atom is 0.405 e. The van der Waals surface area contributed by atoms with E-state index in [2.05, 4.69) is 48.1 Å². The summed E-state index contributed by atoms with van der Waals surface area (Å²) in [5.41, 5.74) is 7.33. The van der Waals surface area contributed by atoms with Gasteiger partial charge in [0.15, 0.2) is 5.82 Å². The van der Waals surface area contributed by atoms with Crippen LogP contribution in [0.25, 0.3) is 5.57 Å². The maximum absolute atomic E-state index is 13.5. The van der Waals surface area contributed by atoms with E-state index in [0.717, 1.165) is 45.0 Å². The Balaban J connectivity index is 1.13. The Morgan fingerprint density at radius 3 is 2.67 bits per heavy atom. The average Bonchev–Trinajstić information content (AvgIpc) is 3.75. The highest BCUT2D eigenvalue weighted by molar-refractivity contribution is 6.00. The van der Waals surface area contributed by atoms with Gasteiger partial charge in [-0.05, 0) is 49.4 Å². The number of nitrogens with one attached hydrogen (secondary N) is 3. The van der Waals surface area contributed by atoms with Gasteiger partial charge < -0.3 is 25.6 Å². The molecule has 1 atom stereocenters. The number of nitrogens with zero attached hydrogens (tertiary/aromatic N) is 8. The van der Waals surface area contributed by atoms with Crippen LogP contribution in [0.5, 0.6) is 5.88 Å². The van der Waals surface area contributed by atoms with E-state index in [0.29, 0.717) is 37.7 Å². The first-order valence-corrected chi connectivity index (χ1v) is 15.8. The molecule has 16 heteroatoms. The standard InChI is InChI=1S/C33H38F3N11O2/c1-19-15-38-32(40-26-14-20(2)46(5)44-26)43-29(19)23-6-7-24-22(23)8-9-25(45(3)4)30(24)41-27(48)17-47-13-11-21(16-47)49-28-10-12-37-31(42-28)39-18-33(34,35)36/h6,8-10,12,14-15,21H,7,11,13,16-18H2,1-5H3,(H,41,48)(H,37,39,42)(H,38,40,43,44). The van der Waals surface area contributed by atoms with Crippen LogP contribution in [0.2, 0.25) is 0 Å². The van der Waals surface area contributed by atoms with Gasteiger partial charge in [0, 0.05) is 70.0 Å². The summed E-state index contributed by atoms with van der Waals surface area (Å²) >= 11 is 0. The lowest BCUT2D eigenvalue weighted by Gasteiger charge is -2.23. The second kappa shape index (κ2) is 13.7. The lowest BCUT2D eigenvalue weighted by atomic mass is 9.98. The van der Waals surface area contributed by atoms with Crippen molar-refractivity contribution in [3.05, 3.63) is 70.8 Å². The predicted molar refractivity (Wildman–Crippen MR) is 180 cm³/mol. The number of anilines is 5. The molecule has 49 heavy (non-hydrogen) atoms. The molecule has 0 saturated carbocycles. The van der Waals surface area contributed by atoms with Crippen molar-refractivity contribution >= 4 is 40.6 Å². The second-order valence-corrected chi connectivity index (χ2v) is 12.3. The summed E-state index contributed by atoms with van der Waals surface area (Å²) in [6, 6.07) is 7.49. The molecule has 1 aliphatic carbocycles. The highest BCUT2D eigenvalue weighted by Crippen LogP contribution is 2.41. The van der Waals surface area contributed by atoms with Crippen LogP contribution in [0, 0.1) is 13.8 Å². The quantitative estimate of drug-likeness (QED) is 0.207. The number of rotatable bonds is 11. The van der Waals surface area contributed by atoms with E-state index < -0.39 is 12.7 Å². The molecule has 1 aromatic carbocycles. The molecule has 0 radical (unpaired) electrons. The lowest BCUT2D eigenvalue weighted by molar-refractivity contribution is -0.117. The zero-order valence-electron chi connectivity index (χ0n) is 27.9. The molecule has 1 saturated heterocycles. The van der Waals surface area contributed by atoms with E-state index in [1.807, 2.05) is 56.9 Å². The number of ether oxygens (including phenoxy) is 1. The zero-order chi connectivity index (χ0) is 34.9. The van der Waals surface area contributed by atoms with Gasteiger partial charge in [0.1, 0.15) is 12.6 Å². The molecular weight excluding hydrogens is 639 g/mol. The molecule has 2 aliphatic rings. The van der Waals surface area contributed by atoms with Crippen LogP contribution in [0.15, 0.2) is 42.7 Å². The highest BCUT2D eigenvalue weighted by atomic mass is 19.4. The fraction of sp³-hybridized carbons (Fsp3) is 0.394. The van der Waals surface area contributed by atoms with Crippen molar-refractivity contribution in [2.75, 3.05) is 61.1 Å². The third-order valence-corrected chi connectivity index (χ3v) is 8.38. The molecule has 3 N–H and O–H groups in total. The molecule has 1 fully saturated rings. The van der Waals surface area contributed by atoms with Crippen LogP contribution >= 0.6 is 0 Å². The number of allylic oxidation sites excluding steroid dienone is 1. The number of fused-ring (bicyclic) bond motifs is 1. The van der Waals surface area contributed by atoms with Gasteiger partial charge in [0.25, 0.3) is 0 Å². The van der Waals surface area contributed by atoms with Gasteiger partial charge in [-0.3, -0.25) is 14.4 Å². The Hall–Kier alpha value is -5.25. The number of halogens is 3. The largest absolute Gasteiger partial charge is 0.473 e. The average molecular weight is 678 g/mol. The van der Waals surface area contributed by atoms with Crippen molar-refractivity contribution in [1.82, 2.24) is 34.6 Å². The minimum Gasteiger partial charge on any atom is -0.473 e. The summed E-state index contributed by atoms with van der Waals surface area (Å²) in [6.07, 6.45) is 1.84. The van der Waals surface area contributed by atoms with Gasteiger partial charge in [-0.25, -0.2) is 15.0 Å². The van der Waals surface area contributed by atoms with Crippen LogP contribution in [0.3, 0.4) is 0 Å². The number of likely N-dealkylation sites (tertiary alicyclic amines) is 1. The van der Waals surface area contributed by atoms with Crippen LogP contribution in [-0.2, 0) is 18.3 Å². The van der Waals surface area contributed by atoms with Gasteiger partial charge in [0.2, 0.25) is 23.7 Å². The van der Waals surface area contributed by atoms with Crippen LogP contribution in [0.1, 0.15) is 34.5 Å². The third kappa shape index (κ3) is 7.91. The van der Waals surface area contributed by atoms with Crippen molar-refractivity contribution < 1.29 is 22.7 Å². The first-order valence-electron chi connectivity index (χ1n) is 15.8. The van der Waals surface area contributed by atoms with Crippen LogP contribution < -0.4 is 25.6 Å². The predicted octanol–water partition coefficient (Wildman–Crippen LogP) is 4.48. The Morgan fingerprint density at radius 1 is 1.12 bits per heavy atom. The summed E-state index contributed by atoms with van der Waals surface area (Å²) in [6.45, 7) is 3.92. The number of hydrogen-bond acceptors (Lipinski definition) is 11. The fourth-order valence-corrected chi connectivity index (χ4v) is 5.92. The fourth-order valence-electron chi connectivity index (χ4n) is 5.92. The molecule has 3 aromatic heterocycles. The molecule has 6 rings (SSSR count). The first kappa shape index (κ1) is 33.6. The summed E-state index contributed by atoms with van der Waals surface area (Å²) in [5, 5.41) is 13.0. The van der Waals surface area contributed by atoms with Crippen molar-refractivity contribution in [2.45, 2.75) is 39.0 Å². The summed E-state index contributed by atoms with van der Waals surface area (Å²) < 4.78 is 45.4. The molecule has 4 aromatic rings. The van der Waals surface area contributed by atoms with Gasteiger partial charge in [-0.1, -0.05) is 12.1 Å². The zero-order valence-corrected chi connectivity index (χ0v) is 27.9. The molecule has 1 aliphatic heterocycles. The Kier molecular flexibility index (Phi) is 9.41. The SMILES string of the molecule is Cc1cnc(Nc2cc(C)n(C)n2)nc1C1=CCc2c1ccc(N(C)C)c2NC(=O)CN1CCC(Oc2ccnc(NCC(F)(F)F)n2)C1. The lowest BCUT2D eigenvalue weighted by Crippen LogP contribution is -2.33. The maximum atomic E-state index is 13.5. The van der Waals surface area contributed by atoms with E-state index in [9.17, 15) is 18.0 Å².